The highest BCUT2D eigenvalue weighted by molar-refractivity contribution is 5.68. The first-order valence-electron chi connectivity index (χ1n) is 8.42. The molecular weight excluding hydrogens is 314 g/mol. The lowest BCUT2D eigenvalue weighted by Crippen LogP contribution is -2.47. The smallest absolute Gasteiger partial charge is 0.141 e. The van der Waals surface area contributed by atoms with E-state index in [1.54, 1.807) is 7.11 Å². The van der Waals surface area contributed by atoms with Crippen molar-refractivity contribution < 1.29 is 4.74 Å². The van der Waals surface area contributed by atoms with Crippen LogP contribution in [0.25, 0.3) is 11.3 Å². The Bertz CT molecular complexity index is 883. The Hall–Kier alpha value is -2.75. The number of aromatic nitrogens is 2. The number of imidazole rings is 1. The van der Waals surface area contributed by atoms with Crippen LogP contribution in [-0.2, 0) is 0 Å². The molecule has 2 aromatic heterocycles. The monoisotopic (exact) mass is 335 g/mol. The Kier molecular flexibility index (Phi) is 4.18. The molecule has 2 unspecified atom stereocenters. The van der Waals surface area contributed by atoms with Crippen LogP contribution < -0.4 is 20.7 Å². The molecule has 4 rings (SSSR count). The van der Waals surface area contributed by atoms with Crippen LogP contribution in [0.3, 0.4) is 0 Å². The van der Waals surface area contributed by atoms with Gasteiger partial charge in [-0.25, -0.2) is 4.98 Å². The van der Waals surface area contributed by atoms with Gasteiger partial charge in [-0.3, -0.25) is 9.72 Å². The van der Waals surface area contributed by atoms with Crippen molar-refractivity contribution in [3.05, 3.63) is 47.9 Å². The molecule has 1 saturated heterocycles. The van der Waals surface area contributed by atoms with Gasteiger partial charge in [-0.05, 0) is 25.1 Å². The zero-order valence-corrected chi connectivity index (χ0v) is 14.1. The summed E-state index contributed by atoms with van der Waals surface area (Å²) < 4.78 is 7.33. The fourth-order valence-corrected chi connectivity index (χ4v) is 3.32. The minimum Gasteiger partial charge on any atom is -0.495 e. The molecule has 0 aliphatic carbocycles. The lowest BCUT2D eigenvalue weighted by Gasteiger charge is -2.25. The van der Waals surface area contributed by atoms with Gasteiger partial charge in [0, 0.05) is 24.8 Å². The van der Waals surface area contributed by atoms with Crippen molar-refractivity contribution in [1.29, 1.82) is 0 Å². The lowest BCUT2D eigenvalue weighted by molar-refractivity contribution is 0.413. The summed E-state index contributed by atoms with van der Waals surface area (Å²) in [6, 6.07) is 2.35. The number of nitrogens with one attached hydrogen (secondary N) is 3. The number of rotatable bonds is 4. The van der Waals surface area contributed by atoms with E-state index in [0.29, 0.717) is 17.4 Å². The summed E-state index contributed by atoms with van der Waals surface area (Å²) in [5.41, 5.74) is 3.47. The van der Waals surface area contributed by atoms with E-state index >= 15 is 0 Å². The second-order valence-electron chi connectivity index (χ2n) is 6.22. The second-order valence-corrected chi connectivity index (χ2v) is 6.22. The van der Waals surface area contributed by atoms with Crippen LogP contribution in [0.4, 0.5) is 0 Å². The zero-order chi connectivity index (χ0) is 17.2. The molecule has 2 aliphatic rings. The maximum absolute atomic E-state index is 5.61. The third-order valence-electron chi connectivity index (χ3n) is 4.61. The molecule has 128 valence electrons. The number of dihydropyridines is 1. The van der Waals surface area contributed by atoms with Crippen LogP contribution in [0.1, 0.15) is 17.7 Å². The van der Waals surface area contributed by atoms with Gasteiger partial charge in [0.05, 0.1) is 36.4 Å². The number of pyridine rings is 1. The number of terminal acetylenes is 1. The van der Waals surface area contributed by atoms with Crippen LogP contribution in [0, 0.1) is 12.3 Å². The second kappa shape index (κ2) is 6.63. The molecule has 0 radical (unpaired) electrons. The van der Waals surface area contributed by atoms with E-state index in [2.05, 4.69) is 39.0 Å². The predicted molar refractivity (Wildman–Crippen MR) is 98.1 cm³/mol. The Labute approximate surface area is 147 Å². The molecule has 3 N–H and O–H groups in total. The number of ether oxygens (including phenoxy) is 1. The molecule has 0 spiro atoms. The minimum absolute atomic E-state index is 0.0980. The molecule has 0 saturated carbocycles. The third-order valence-corrected chi connectivity index (χ3v) is 4.61. The number of nitrogens with zero attached hydrogens (tertiary/aromatic N) is 2. The van der Waals surface area contributed by atoms with E-state index in [1.165, 1.54) is 0 Å². The van der Waals surface area contributed by atoms with Crippen LogP contribution in [-0.4, -0.2) is 41.8 Å². The van der Waals surface area contributed by atoms with Crippen LogP contribution >= 0.6 is 0 Å². The Morgan fingerprint density at radius 1 is 1.48 bits per heavy atom. The highest BCUT2D eigenvalue weighted by Crippen LogP contribution is 2.24. The summed E-state index contributed by atoms with van der Waals surface area (Å²) in [5, 5.41) is 10.5. The quantitative estimate of drug-likeness (QED) is 0.731. The first kappa shape index (κ1) is 15.8. The van der Waals surface area contributed by atoms with Gasteiger partial charge in [-0.1, -0.05) is 12.0 Å². The van der Waals surface area contributed by atoms with Crippen LogP contribution in [0.2, 0.25) is 0 Å². The van der Waals surface area contributed by atoms with E-state index in [-0.39, 0.29) is 6.17 Å². The third kappa shape index (κ3) is 3.00. The van der Waals surface area contributed by atoms with Crippen molar-refractivity contribution in [3.63, 3.8) is 0 Å². The molecule has 0 aromatic carbocycles. The highest BCUT2D eigenvalue weighted by atomic mass is 16.5. The highest BCUT2D eigenvalue weighted by Gasteiger charge is 2.20. The maximum atomic E-state index is 5.61. The van der Waals surface area contributed by atoms with E-state index < -0.39 is 0 Å². The van der Waals surface area contributed by atoms with Crippen molar-refractivity contribution >= 4 is 11.3 Å². The van der Waals surface area contributed by atoms with Gasteiger partial charge in [-0.15, -0.1) is 6.42 Å². The fraction of sp³-hybridized carbons (Fsp3) is 0.316. The molecule has 0 amide bonds. The molecule has 6 nitrogen and oxygen atoms in total. The minimum atomic E-state index is 0.0980. The first-order chi connectivity index (χ1) is 12.3. The number of hydrogen-bond donors (Lipinski definition) is 3. The number of allylic oxidation sites excluding steroid dienone is 2. The zero-order valence-electron chi connectivity index (χ0n) is 14.1. The molecule has 2 aromatic rings. The van der Waals surface area contributed by atoms with Crippen molar-refractivity contribution in [2.24, 2.45) is 0 Å². The number of hydrogen-bond acceptors (Lipinski definition) is 5. The first-order valence-corrected chi connectivity index (χ1v) is 8.42. The molecule has 1 fully saturated rings. The maximum Gasteiger partial charge on any atom is 0.141 e. The average molecular weight is 335 g/mol. The number of methoxy groups -OCH3 is 1. The van der Waals surface area contributed by atoms with Gasteiger partial charge in [0.25, 0.3) is 0 Å². The van der Waals surface area contributed by atoms with Crippen molar-refractivity contribution in [3.8, 4) is 18.1 Å². The fourth-order valence-electron chi connectivity index (χ4n) is 3.32. The summed E-state index contributed by atoms with van der Waals surface area (Å²) in [5.74, 6) is 3.33. The largest absolute Gasteiger partial charge is 0.495 e. The SMILES string of the molecule is C#Cc1cn2c(C3=CC=CC(NC4CCNC4)N3)cnc2cc1OC. The summed E-state index contributed by atoms with van der Waals surface area (Å²) in [6.07, 6.45) is 16.8. The Morgan fingerprint density at radius 3 is 3.16 bits per heavy atom. The van der Waals surface area contributed by atoms with Gasteiger partial charge in [0.1, 0.15) is 11.4 Å². The van der Waals surface area contributed by atoms with Gasteiger partial charge in [-0.2, -0.15) is 0 Å². The summed E-state index contributed by atoms with van der Waals surface area (Å²) in [4.78, 5) is 4.49. The van der Waals surface area contributed by atoms with E-state index in [0.717, 1.165) is 36.5 Å². The molecule has 2 aliphatic heterocycles. The predicted octanol–water partition coefficient (Wildman–Crippen LogP) is 1.10. The Morgan fingerprint density at radius 2 is 2.40 bits per heavy atom. The molecule has 4 heterocycles. The van der Waals surface area contributed by atoms with E-state index in [4.69, 9.17) is 11.2 Å². The molecule has 6 heteroatoms. The Balaban J connectivity index is 1.62. The summed E-state index contributed by atoms with van der Waals surface area (Å²) in [6.45, 7) is 2.08. The molecule has 2 atom stereocenters. The van der Waals surface area contributed by atoms with Gasteiger partial charge < -0.3 is 15.4 Å². The average Bonchev–Trinajstić information content (AvgIpc) is 3.29. The van der Waals surface area contributed by atoms with E-state index in [9.17, 15) is 0 Å². The van der Waals surface area contributed by atoms with Crippen molar-refractivity contribution in [1.82, 2.24) is 25.3 Å². The molecule has 25 heavy (non-hydrogen) atoms. The lowest BCUT2D eigenvalue weighted by atomic mass is 10.2. The van der Waals surface area contributed by atoms with Gasteiger partial charge in [0.2, 0.25) is 0 Å². The van der Waals surface area contributed by atoms with Crippen LogP contribution in [0.15, 0.2) is 36.7 Å². The normalized spacial score (nSPS) is 22.5. The van der Waals surface area contributed by atoms with Crippen molar-refractivity contribution in [2.75, 3.05) is 20.2 Å². The van der Waals surface area contributed by atoms with Gasteiger partial charge >= 0.3 is 0 Å². The van der Waals surface area contributed by atoms with Crippen LogP contribution in [0.5, 0.6) is 5.75 Å². The van der Waals surface area contributed by atoms with Gasteiger partial charge in [0.15, 0.2) is 0 Å². The standard InChI is InChI=1S/C19H21N5O/c1-3-13-12-24-16(11-21-19(24)9-17(13)25-2)15-5-4-6-18(23-15)22-14-7-8-20-10-14/h1,4-6,9,11-12,14,18,20,22-23H,7-8,10H2,2H3. The van der Waals surface area contributed by atoms with Crippen molar-refractivity contribution in [2.45, 2.75) is 18.6 Å². The summed E-state index contributed by atoms with van der Waals surface area (Å²) >= 11 is 0. The molecular formula is C19H21N5O. The number of fused-ring (bicyclic) bond motifs is 1. The molecule has 0 bridgehead atoms. The topological polar surface area (TPSA) is 62.6 Å². The van der Waals surface area contributed by atoms with E-state index in [1.807, 2.05) is 28.9 Å². The summed E-state index contributed by atoms with van der Waals surface area (Å²) in [7, 11) is 1.61.